The van der Waals surface area contributed by atoms with Crippen LogP contribution in [0, 0.1) is 11.3 Å². The van der Waals surface area contributed by atoms with Crippen LogP contribution in [0.5, 0.6) is 5.75 Å². The number of rotatable bonds is 8. The van der Waals surface area contributed by atoms with Gasteiger partial charge in [-0.15, -0.1) is 0 Å². The standard InChI is InChI=1S/C19H20N2O3/c1-24-18-8-6-17(7-9-18)14-21(11-10-19(22)23)13-16-4-2-15(12-20)3-5-16/h2-9H,10-11,13-14H2,1H3,(H,22,23). The molecular formula is C19H20N2O3. The van der Waals surface area contributed by atoms with Crippen molar-refractivity contribution in [3.8, 4) is 11.8 Å². The summed E-state index contributed by atoms with van der Waals surface area (Å²) in [4.78, 5) is 13.0. The van der Waals surface area contributed by atoms with E-state index in [2.05, 4.69) is 11.0 Å². The number of hydrogen-bond acceptors (Lipinski definition) is 4. The predicted molar refractivity (Wildman–Crippen MR) is 90.5 cm³/mol. The molecule has 2 aromatic carbocycles. The van der Waals surface area contributed by atoms with E-state index < -0.39 is 5.97 Å². The lowest BCUT2D eigenvalue weighted by molar-refractivity contribution is -0.137. The Labute approximate surface area is 141 Å². The van der Waals surface area contributed by atoms with Crippen LogP contribution in [0.15, 0.2) is 48.5 Å². The van der Waals surface area contributed by atoms with Crippen molar-refractivity contribution < 1.29 is 14.6 Å². The minimum Gasteiger partial charge on any atom is -0.497 e. The highest BCUT2D eigenvalue weighted by molar-refractivity contribution is 5.66. The van der Waals surface area contributed by atoms with Crippen molar-refractivity contribution in [1.82, 2.24) is 4.90 Å². The molecule has 24 heavy (non-hydrogen) atoms. The van der Waals surface area contributed by atoms with Gasteiger partial charge in [-0.05, 0) is 35.4 Å². The third-order valence-electron chi connectivity index (χ3n) is 3.70. The van der Waals surface area contributed by atoms with Crippen LogP contribution >= 0.6 is 0 Å². The number of carboxylic acids is 1. The fourth-order valence-corrected chi connectivity index (χ4v) is 2.40. The van der Waals surface area contributed by atoms with Crippen molar-refractivity contribution in [2.24, 2.45) is 0 Å². The Morgan fingerprint density at radius 1 is 1.08 bits per heavy atom. The van der Waals surface area contributed by atoms with E-state index in [1.807, 2.05) is 36.4 Å². The number of benzene rings is 2. The normalized spacial score (nSPS) is 10.4. The van der Waals surface area contributed by atoms with Crippen LogP contribution in [0.1, 0.15) is 23.1 Å². The number of methoxy groups -OCH3 is 1. The smallest absolute Gasteiger partial charge is 0.304 e. The lowest BCUT2D eigenvalue weighted by atomic mass is 10.1. The van der Waals surface area contributed by atoms with Crippen LogP contribution in [0.4, 0.5) is 0 Å². The van der Waals surface area contributed by atoms with Gasteiger partial charge < -0.3 is 9.84 Å². The maximum Gasteiger partial charge on any atom is 0.304 e. The molecule has 0 radical (unpaired) electrons. The summed E-state index contributed by atoms with van der Waals surface area (Å²) in [5.74, 6) is -0.0162. The molecule has 0 amide bonds. The van der Waals surface area contributed by atoms with Gasteiger partial charge in [0, 0.05) is 19.6 Å². The summed E-state index contributed by atoms with van der Waals surface area (Å²) in [5, 5.41) is 17.8. The van der Waals surface area contributed by atoms with Crippen LogP contribution in [0.25, 0.3) is 0 Å². The van der Waals surface area contributed by atoms with Crippen LogP contribution in [0.3, 0.4) is 0 Å². The quantitative estimate of drug-likeness (QED) is 0.808. The number of aliphatic carboxylic acids is 1. The first kappa shape index (κ1) is 17.5. The minimum atomic E-state index is -0.811. The van der Waals surface area contributed by atoms with Gasteiger partial charge in [0.15, 0.2) is 0 Å². The fourth-order valence-electron chi connectivity index (χ4n) is 2.40. The van der Waals surface area contributed by atoms with Crippen molar-refractivity contribution in [3.63, 3.8) is 0 Å². The first-order valence-electron chi connectivity index (χ1n) is 7.67. The molecule has 5 nitrogen and oxygen atoms in total. The number of nitrogens with zero attached hydrogens (tertiary/aromatic N) is 2. The van der Waals surface area contributed by atoms with Gasteiger partial charge in [0.2, 0.25) is 0 Å². The van der Waals surface area contributed by atoms with Gasteiger partial charge in [-0.1, -0.05) is 24.3 Å². The molecule has 0 aliphatic rings. The van der Waals surface area contributed by atoms with Crippen molar-refractivity contribution in [3.05, 3.63) is 65.2 Å². The Morgan fingerprint density at radius 3 is 2.08 bits per heavy atom. The Hall–Kier alpha value is -2.84. The molecular weight excluding hydrogens is 304 g/mol. The Bertz CT molecular complexity index is 703. The van der Waals surface area contributed by atoms with Crippen molar-refractivity contribution in [1.29, 1.82) is 5.26 Å². The summed E-state index contributed by atoms with van der Waals surface area (Å²) in [6.45, 7) is 1.74. The molecule has 0 spiro atoms. The monoisotopic (exact) mass is 324 g/mol. The zero-order chi connectivity index (χ0) is 17.4. The number of carbonyl (C=O) groups is 1. The van der Waals surface area contributed by atoms with Gasteiger partial charge in [-0.2, -0.15) is 5.26 Å². The molecule has 0 bridgehead atoms. The third-order valence-corrected chi connectivity index (χ3v) is 3.70. The largest absolute Gasteiger partial charge is 0.497 e. The van der Waals surface area contributed by atoms with Gasteiger partial charge in [0.05, 0.1) is 25.2 Å². The number of carboxylic acid groups (broad SMARTS) is 1. The molecule has 0 saturated carbocycles. The number of hydrogen-bond donors (Lipinski definition) is 1. The molecule has 0 aliphatic carbocycles. The second kappa shape index (κ2) is 8.70. The maximum absolute atomic E-state index is 10.9. The second-order valence-electron chi connectivity index (χ2n) is 5.51. The molecule has 0 fully saturated rings. The maximum atomic E-state index is 10.9. The predicted octanol–water partition coefficient (Wildman–Crippen LogP) is 3.04. The molecule has 0 atom stereocenters. The molecule has 0 aliphatic heterocycles. The van der Waals surface area contributed by atoms with Crippen LogP contribution < -0.4 is 4.74 Å². The molecule has 2 aromatic rings. The molecule has 0 unspecified atom stereocenters. The summed E-state index contributed by atoms with van der Waals surface area (Å²) < 4.78 is 5.15. The molecule has 2 rings (SSSR count). The van der Waals surface area contributed by atoms with Crippen molar-refractivity contribution in [2.45, 2.75) is 19.5 Å². The number of ether oxygens (including phenoxy) is 1. The average Bonchev–Trinajstić information content (AvgIpc) is 2.61. The first-order valence-corrected chi connectivity index (χ1v) is 7.67. The Balaban J connectivity index is 2.07. The Kier molecular flexibility index (Phi) is 6.35. The zero-order valence-electron chi connectivity index (χ0n) is 13.6. The molecule has 1 N–H and O–H groups in total. The zero-order valence-corrected chi connectivity index (χ0v) is 13.6. The van der Waals surface area contributed by atoms with Gasteiger partial charge in [0.25, 0.3) is 0 Å². The number of nitriles is 1. The summed E-state index contributed by atoms with van der Waals surface area (Å²) >= 11 is 0. The molecule has 124 valence electrons. The minimum absolute atomic E-state index is 0.0897. The van der Waals surface area contributed by atoms with Crippen LogP contribution in [-0.2, 0) is 17.9 Å². The van der Waals surface area contributed by atoms with Gasteiger partial charge in [-0.3, -0.25) is 9.69 Å². The van der Waals surface area contributed by atoms with Gasteiger partial charge in [0.1, 0.15) is 5.75 Å². The summed E-state index contributed by atoms with van der Waals surface area (Å²) in [6.07, 6.45) is 0.0897. The lowest BCUT2D eigenvalue weighted by Gasteiger charge is -2.22. The molecule has 0 aromatic heterocycles. The molecule has 0 heterocycles. The van der Waals surface area contributed by atoms with E-state index >= 15 is 0 Å². The lowest BCUT2D eigenvalue weighted by Crippen LogP contribution is -2.25. The summed E-state index contributed by atoms with van der Waals surface area (Å²) in [7, 11) is 1.62. The third kappa shape index (κ3) is 5.41. The highest BCUT2D eigenvalue weighted by atomic mass is 16.5. The van der Waals surface area contributed by atoms with E-state index in [1.165, 1.54) is 0 Å². The van der Waals surface area contributed by atoms with Crippen LogP contribution in [0.2, 0.25) is 0 Å². The summed E-state index contributed by atoms with van der Waals surface area (Å²) in [5.41, 5.74) is 2.76. The SMILES string of the molecule is COc1ccc(CN(CCC(=O)O)Cc2ccc(C#N)cc2)cc1. The van der Waals surface area contributed by atoms with E-state index in [1.54, 1.807) is 19.2 Å². The van der Waals surface area contributed by atoms with Gasteiger partial charge >= 0.3 is 5.97 Å². The topological polar surface area (TPSA) is 73.6 Å². The first-order chi connectivity index (χ1) is 11.6. The van der Waals surface area contributed by atoms with E-state index in [9.17, 15) is 4.79 Å². The average molecular weight is 324 g/mol. The van der Waals surface area contributed by atoms with Crippen molar-refractivity contribution in [2.75, 3.05) is 13.7 Å². The second-order valence-corrected chi connectivity index (χ2v) is 5.51. The van der Waals surface area contributed by atoms with E-state index in [4.69, 9.17) is 15.1 Å². The molecule has 0 saturated heterocycles. The highest BCUT2D eigenvalue weighted by Crippen LogP contribution is 2.15. The fraction of sp³-hybridized carbons (Fsp3) is 0.263. The van der Waals surface area contributed by atoms with Crippen molar-refractivity contribution >= 4 is 5.97 Å². The van der Waals surface area contributed by atoms with E-state index in [0.717, 1.165) is 16.9 Å². The van der Waals surface area contributed by atoms with E-state index in [0.29, 0.717) is 25.2 Å². The van der Waals surface area contributed by atoms with Crippen LogP contribution in [-0.4, -0.2) is 29.6 Å². The van der Waals surface area contributed by atoms with E-state index in [-0.39, 0.29) is 6.42 Å². The Morgan fingerprint density at radius 2 is 1.62 bits per heavy atom. The van der Waals surface area contributed by atoms with Gasteiger partial charge in [-0.25, -0.2) is 0 Å². The highest BCUT2D eigenvalue weighted by Gasteiger charge is 2.10. The summed E-state index contributed by atoms with van der Waals surface area (Å²) in [6, 6.07) is 17.2. The molecule has 5 heteroatoms.